The molecule has 1 heterocycles. The topological polar surface area (TPSA) is 57.6 Å². The molecule has 0 aromatic carbocycles. The Morgan fingerprint density at radius 2 is 1.86 bits per heavy atom. The predicted molar refractivity (Wildman–Crippen MR) is 56.0 cm³/mol. The molecule has 0 amide bonds. The molecule has 14 heavy (non-hydrogen) atoms. The van der Waals surface area contributed by atoms with Crippen LogP contribution in [0, 0.1) is 0 Å². The maximum absolute atomic E-state index is 11.3. The van der Waals surface area contributed by atoms with Crippen LogP contribution in [0.1, 0.15) is 20.3 Å². The van der Waals surface area contributed by atoms with Gasteiger partial charge in [-0.05, 0) is 26.8 Å². The van der Waals surface area contributed by atoms with Crippen LogP contribution in [-0.2, 0) is 9.84 Å². The lowest BCUT2D eigenvalue weighted by molar-refractivity contribution is 0.0756. The molecule has 1 aliphatic heterocycles. The summed E-state index contributed by atoms with van der Waals surface area (Å²) in [7, 11) is -2.83. The zero-order chi connectivity index (χ0) is 10.8. The van der Waals surface area contributed by atoms with Crippen molar-refractivity contribution in [2.24, 2.45) is 0 Å². The van der Waals surface area contributed by atoms with E-state index in [2.05, 4.69) is 4.90 Å². The SMILES string of the molecule is CC(O)C(C)N1CCCS(=O)(=O)CC1. The number of rotatable bonds is 2. The van der Waals surface area contributed by atoms with Gasteiger partial charge in [0.15, 0.2) is 9.84 Å². The maximum Gasteiger partial charge on any atom is 0.151 e. The highest BCUT2D eigenvalue weighted by atomic mass is 32.2. The monoisotopic (exact) mass is 221 g/mol. The van der Waals surface area contributed by atoms with Crippen molar-refractivity contribution >= 4 is 9.84 Å². The first-order valence-electron chi connectivity index (χ1n) is 5.05. The van der Waals surface area contributed by atoms with Crippen molar-refractivity contribution in [3.8, 4) is 0 Å². The Morgan fingerprint density at radius 1 is 1.21 bits per heavy atom. The van der Waals surface area contributed by atoms with Crippen molar-refractivity contribution in [2.45, 2.75) is 32.4 Å². The highest BCUT2D eigenvalue weighted by Crippen LogP contribution is 2.10. The van der Waals surface area contributed by atoms with Gasteiger partial charge in [0.1, 0.15) is 0 Å². The fourth-order valence-electron chi connectivity index (χ4n) is 1.67. The Hall–Kier alpha value is -0.130. The molecule has 0 bridgehead atoms. The lowest BCUT2D eigenvalue weighted by Gasteiger charge is -2.29. The number of aliphatic hydroxyl groups excluding tert-OH is 1. The third kappa shape index (κ3) is 3.22. The molecule has 2 atom stereocenters. The molecule has 84 valence electrons. The predicted octanol–water partition coefficient (Wildman–Crippen LogP) is -0.124. The molecule has 1 N–H and O–H groups in total. The largest absolute Gasteiger partial charge is 0.392 e. The normalized spacial score (nSPS) is 27.9. The van der Waals surface area contributed by atoms with Crippen LogP contribution in [0.2, 0.25) is 0 Å². The second-order valence-corrected chi connectivity index (χ2v) is 6.33. The van der Waals surface area contributed by atoms with Crippen molar-refractivity contribution in [1.82, 2.24) is 4.90 Å². The van der Waals surface area contributed by atoms with Crippen molar-refractivity contribution in [2.75, 3.05) is 24.6 Å². The van der Waals surface area contributed by atoms with Crippen LogP contribution >= 0.6 is 0 Å². The molecule has 1 saturated heterocycles. The molecule has 0 saturated carbocycles. The lowest BCUT2D eigenvalue weighted by Crippen LogP contribution is -2.41. The summed E-state index contributed by atoms with van der Waals surface area (Å²) in [5.41, 5.74) is 0. The summed E-state index contributed by atoms with van der Waals surface area (Å²) < 4.78 is 22.6. The van der Waals surface area contributed by atoms with Crippen LogP contribution in [0.5, 0.6) is 0 Å². The van der Waals surface area contributed by atoms with Gasteiger partial charge in [-0.15, -0.1) is 0 Å². The van der Waals surface area contributed by atoms with Crippen molar-refractivity contribution in [3.63, 3.8) is 0 Å². The van der Waals surface area contributed by atoms with Gasteiger partial charge in [-0.2, -0.15) is 0 Å². The zero-order valence-corrected chi connectivity index (χ0v) is 9.63. The van der Waals surface area contributed by atoms with Gasteiger partial charge in [0.25, 0.3) is 0 Å². The second kappa shape index (κ2) is 4.59. The Morgan fingerprint density at radius 3 is 2.43 bits per heavy atom. The Bertz CT molecular complexity index is 274. The van der Waals surface area contributed by atoms with E-state index >= 15 is 0 Å². The molecule has 0 aliphatic carbocycles. The third-order valence-electron chi connectivity index (χ3n) is 2.86. The van der Waals surface area contributed by atoms with Gasteiger partial charge in [-0.1, -0.05) is 0 Å². The first-order chi connectivity index (χ1) is 6.42. The molecule has 0 radical (unpaired) electrons. The Kier molecular flexibility index (Phi) is 3.92. The van der Waals surface area contributed by atoms with Gasteiger partial charge in [-0.3, -0.25) is 4.90 Å². The first-order valence-corrected chi connectivity index (χ1v) is 6.87. The van der Waals surface area contributed by atoms with Gasteiger partial charge in [0.05, 0.1) is 17.6 Å². The Labute approximate surface area is 85.8 Å². The number of aliphatic hydroxyl groups is 1. The molecule has 0 spiro atoms. The number of hydrogen-bond donors (Lipinski definition) is 1. The van der Waals surface area contributed by atoms with Crippen molar-refractivity contribution in [3.05, 3.63) is 0 Å². The van der Waals surface area contributed by atoms with E-state index in [-0.39, 0.29) is 17.5 Å². The third-order valence-corrected chi connectivity index (χ3v) is 4.58. The van der Waals surface area contributed by atoms with Gasteiger partial charge in [-0.25, -0.2) is 8.42 Å². The van der Waals surface area contributed by atoms with Gasteiger partial charge in [0, 0.05) is 12.6 Å². The summed E-state index contributed by atoms with van der Waals surface area (Å²) in [6, 6.07) is 0.0447. The van der Waals surface area contributed by atoms with Crippen LogP contribution in [0.4, 0.5) is 0 Å². The van der Waals surface area contributed by atoms with Crippen LogP contribution in [0.25, 0.3) is 0 Å². The van der Waals surface area contributed by atoms with Crippen LogP contribution in [0.15, 0.2) is 0 Å². The summed E-state index contributed by atoms with van der Waals surface area (Å²) in [6.45, 7) is 4.99. The van der Waals surface area contributed by atoms with Gasteiger partial charge in [0.2, 0.25) is 0 Å². The number of nitrogens with zero attached hydrogens (tertiary/aromatic N) is 1. The lowest BCUT2D eigenvalue weighted by atomic mass is 10.2. The highest BCUT2D eigenvalue weighted by Gasteiger charge is 2.24. The molecule has 1 rings (SSSR count). The average Bonchev–Trinajstić information content (AvgIpc) is 2.25. The van der Waals surface area contributed by atoms with Gasteiger partial charge >= 0.3 is 0 Å². The fraction of sp³-hybridized carbons (Fsp3) is 1.00. The van der Waals surface area contributed by atoms with E-state index in [0.717, 1.165) is 6.54 Å². The number of hydrogen-bond acceptors (Lipinski definition) is 4. The van der Waals surface area contributed by atoms with Crippen LogP contribution in [0.3, 0.4) is 0 Å². The average molecular weight is 221 g/mol. The summed E-state index contributed by atoms with van der Waals surface area (Å²) >= 11 is 0. The minimum Gasteiger partial charge on any atom is -0.392 e. The minimum absolute atomic E-state index is 0.0447. The standard InChI is InChI=1S/C9H19NO3S/c1-8(9(2)11)10-4-3-6-14(12,13)7-5-10/h8-9,11H,3-7H2,1-2H3. The zero-order valence-electron chi connectivity index (χ0n) is 8.81. The van der Waals surface area contributed by atoms with E-state index in [4.69, 9.17) is 0 Å². The van der Waals surface area contributed by atoms with Crippen LogP contribution in [-0.4, -0.2) is 55.2 Å². The molecule has 1 aliphatic rings. The number of sulfone groups is 1. The summed E-state index contributed by atoms with van der Waals surface area (Å²) in [4.78, 5) is 2.05. The van der Waals surface area contributed by atoms with Crippen LogP contribution < -0.4 is 0 Å². The first kappa shape index (κ1) is 11.9. The molecule has 4 nitrogen and oxygen atoms in total. The molecule has 1 fully saturated rings. The minimum atomic E-state index is -2.83. The quantitative estimate of drug-likeness (QED) is 0.706. The van der Waals surface area contributed by atoms with Crippen molar-refractivity contribution in [1.29, 1.82) is 0 Å². The fourth-order valence-corrected chi connectivity index (χ4v) is 2.96. The van der Waals surface area contributed by atoms with E-state index in [9.17, 15) is 13.5 Å². The van der Waals surface area contributed by atoms with E-state index in [1.54, 1.807) is 6.92 Å². The molecular formula is C9H19NO3S. The van der Waals surface area contributed by atoms with E-state index in [0.29, 0.717) is 13.0 Å². The molecule has 5 heteroatoms. The molecule has 0 aromatic heterocycles. The second-order valence-electron chi connectivity index (χ2n) is 4.02. The van der Waals surface area contributed by atoms with E-state index in [1.807, 2.05) is 6.92 Å². The summed E-state index contributed by atoms with van der Waals surface area (Å²) in [6.07, 6.45) is 0.273. The van der Waals surface area contributed by atoms with Gasteiger partial charge < -0.3 is 5.11 Å². The van der Waals surface area contributed by atoms with E-state index in [1.165, 1.54) is 0 Å². The summed E-state index contributed by atoms with van der Waals surface area (Å²) in [5.74, 6) is 0.514. The maximum atomic E-state index is 11.3. The Balaban J connectivity index is 2.58. The molecular weight excluding hydrogens is 202 g/mol. The highest BCUT2D eigenvalue weighted by molar-refractivity contribution is 7.91. The smallest absolute Gasteiger partial charge is 0.151 e. The van der Waals surface area contributed by atoms with E-state index < -0.39 is 15.9 Å². The molecule has 2 unspecified atom stereocenters. The summed E-state index contributed by atoms with van der Waals surface area (Å²) in [5, 5.41) is 9.40. The van der Waals surface area contributed by atoms with Crippen molar-refractivity contribution < 1.29 is 13.5 Å². The molecule has 0 aromatic rings.